The number of anilines is 1. The third-order valence-electron chi connectivity index (χ3n) is 2.98. The molecule has 1 saturated heterocycles. The van der Waals surface area contributed by atoms with E-state index in [0.717, 1.165) is 25.2 Å². The van der Waals surface area contributed by atoms with E-state index in [0.29, 0.717) is 12.4 Å². The van der Waals surface area contributed by atoms with Crippen LogP contribution in [0.15, 0.2) is 12.4 Å². The van der Waals surface area contributed by atoms with E-state index in [1.54, 1.807) is 13.2 Å². The van der Waals surface area contributed by atoms with E-state index in [1.807, 2.05) is 4.90 Å². The number of nitrogens with two attached hydrogens (primary N) is 1. The van der Waals surface area contributed by atoms with Crippen LogP contribution in [0.1, 0.15) is 12.8 Å². The summed E-state index contributed by atoms with van der Waals surface area (Å²) in [6.07, 6.45) is 3.26. The Balaban J connectivity index is 2.13. The quantitative estimate of drug-likeness (QED) is 0.810. The Morgan fingerprint density at radius 2 is 2.41 bits per heavy atom. The van der Waals surface area contributed by atoms with Crippen molar-refractivity contribution in [1.82, 2.24) is 9.97 Å². The molecule has 0 bridgehead atoms. The first kappa shape index (κ1) is 11.6. The SMILES string of the molecule is COc1cc(N2CCCC(C(N)=O)C2)ncn1. The minimum absolute atomic E-state index is 0.0929. The van der Waals surface area contributed by atoms with Crippen LogP contribution < -0.4 is 15.4 Å². The van der Waals surface area contributed by atoms with Crippen molar-refractivity contribution in [2.75, 3.05) is 25.1 Å². The van der Waals surface area contributed by atoms with Gasteiger partial charge >= 0.3 is 0 Å². The number of primary amides is 1. The average molecular weight is 236 g/mol. The number of aromatic nitrogens is 2. The fraction of sp³-hybridized carbons (Fsp3) is 0.545. The van der Waals surface area contributed by atoms with E-state index in [4.69, 9.17) is 10.5 Å². The van der Waals surface area contributed by atoms with Crippen molar-refractivity contribution in [3.8, 4) is 5.88 Å². The van der Waals surface area contributed by atoms with Gasteiger partial charge in [0.15, 0.2) is 0 Å². The van der Waals surface area contributed by atoms with Crippen LogP contribution in [0.25, 0.3) is 0 Å². The molecule has 0 spiro atoms. The molecule has 2 N–H and O–H groups in total. The second-order valence-corrected chi connectivity index (χ2v) is 4.11. The van der Waals surface area contributed by atoms with Gasteiger partial charge in [-0.25, -0.2) is 9.97 Å². The maximum Gasteiger partial charge on any atom is 0.222 e. The number of hydrogen-bond acceptors (Lipinski definition) is 5. The van der Waals surface area contributed by atoms with E-state index in [2.05, 4.69) is 9.97 Å². The van der Waals surface area contributed by atoms with E-state index >= 15 is 0 Å². The molecule has 1 aliphatic heterocycles. The van der Waals surface area contributed by atoms with Crippen LogP contribution in [-0.4, -0.2) is 36.1 Å². The number of nitrogens with zero attached hydrogens (tertiary/aromatic N) is 3. The van der Waals surface area contributed by atoms with Crippen LogP contribution in [0, 0.1) is 5.92 Å². The van der Waals surface area contributed by atoms with Crippen LogP contribution >= 0.6 is 0 Å². The van der Waals surface area contributed by atoms with Crippen molar-refractivity contribution < 1.29 is 9.53 Å². The Kier molecular flexibility index (Phi) is 3.41. The highest BCUT2D eigenvalue weighted by Gasteiger charge is 2.24. The molecule has 6 nitrogen and oxygen atoms in total. The van der Waals surface area contributed by atoms with Gasteiger partial charge in [-0.3, -0.25) is 4.79 Å². The molecule has 1 aromatic rings. The minimum atomic E-state index is -0.240. The summed E-state index contributed by atoms with van der Waals surface area (Å²) in [6, 6.07) is 1.77. The Bertz CT molecular complexity index is 410. The van der Waals surface area contributed by atoms with E-state index in [9.17, 15) is 4.79 Å². The van der Waals surface area contributed by atoms with Gasteiger partial charge < -0.3 is 15.4 Å². The average Bonchev–Trinajstić information content (AvgIpc) is 2.39. The molecular weight excluding hydrogens is 220 g/mol. The lowest BCUT2D eigenvalue weighted by Crippen LogP contribution is -2.41. The molecule has 2 heterocycles. The molecule has 0 aromatic carbocycles. The van der Waals surface area contributed by atoms with Gasteiger partial charge in [0.25, 0.3) is 0 Å². The predicted molar refractivity (Wildman–Crippen MR) is 62.7 cm³/mol. The van der Waals surface area contributed by atoms with Crippen LogP contribution in [0.5, 0.6) is 5.88 Å². The van der Waals surface area contributed by atoms with Crippen LogP contribution in [0.4, 0.5) is 5.82 Å². The molecule has 17 heavy (non-hydrogen) atoms. The number of carbonyl (C=O) groups excluding carboxylic acids is 1. The van der Waals surface area contributed by atoms with Crippen molar-refractivity contribution in [1.29, 1.82) is 0 Å². The molecule has 0 aliphatic carbocycles. The lowest BCUT2D eigenvalue weighted by atomic mass is 9.97. The third-order valence-corrected chi connectivity index (χ3v) is 2.98. The minimum Gasteiger partial charge on any atom is -0.481 e. The molecular formula is C11H16N4O2. The number of carbonyl (C=O) groups is 1. The number of rotatable bonds is 3. The summed E-state index contributed by atoms with van der Waals surface area (Å²) < 4.78 is 5.05. The summed E-state index contributed by atoms with van der Waals surface area (Å²) in [7, 11) is 1.56. The Morgan fingerprint density at radius 3 is 3.12 bits per heavy atom. The lowest BCUT2D eigenvalue weighted by Gasteiger charge is -2.31. The second-order valence-electron chi connectivity index (χ2n) is 4.11. The molecule has 6 heteroatoms. The number of methoxy groups -OCH3 is 1. The number of amides is 1. The van der Waals surface area contributed by atoms with Gasteiger partial charge in [-0.2, -0.15) is 0 Å². The summed E-state index contributed by atoms with van der Waals surface area (Å²) >= 11 is 0. The maximum atomic E-state index is 11.2. The Hall–Kier alpha value is -1.85. The third kappa shape index (κ3) is 2.64. The first-order valence-corrected chi connectivity index (χ1v) is 5.61. The molecule has 1 amide bonds. The highest BCUT2D eigenvalue weighted by molar-refractivity contribution is 5.77. The van der Waals surface area contributed by atoms with Crippen molar-refractivity contribution in [2.24, 2.45) is 11.7 Å². The number of piperidine rings is 1. The van der Waals surface area contributed by atoms with Crippen molar-refractivity contribution in [3.05, 3.63) is 12.4 Å². The molecule has 92 valence electrons. The molecule has 0 radical (unpaired) electrons. The first-order valence-electron chi connectivity index (χ1n) is 5.61. The molecule has 1 aromatic heterocycles. The zero-order valence-electron chi connectivity index (χ0n) is 9.80. The summed E-state index contributed by atoms with van der Waals surface area (Å²) in [5.41, 5.74) is 5.34. The highest BCUT2D eigenvalue weighted by atomic mass is 16.5. The smallest absolute Gasteiger partial charge is 0.222 e. The molecule has 1 atom stereocenters. The Labute approximate surface area is 99.8 Å². The van der Waals surface area contributed by atoms with Crippen LogP contribution in [0.3, 0.4) is 0 Å². The fourth-order valence-electron chi connectivity index (χ4n) is 2.03. The lowest BCUT2D eigenvalue weighted by molar-refractivity contribution is -0.122. The van der Waals surface area contributed by atoms with E-state index in [-0.39, 0.29) is 11.8 Å². The zero-order chi connectivity index (χ0) is 12.3. The molecule has 0 saturated carbocycles. The van der Waals surface area contributed by atoms with Gasteiger partial charge in [-0.15, -0.1) is 0 Å². The molecule has 1 aliphatic rings. The molecule has 1 fully saturated rings. The van der Waals surface area contributed by atoms with Crippen molar-refractivity contribution >= 4 is 11.7 Å². The van der Waals surface area contributed by atoms with Gasteiger partial charge in [0.1, 0.15) is 12.1 Å². The zero-order valence-corrected chi connectivity index (χ0v) is 9.80. The summed E-state index contributed by atoms with van der Waals surface area (Å²) in [4.78, 5) is 21.4. The van der Waals surface area contributed by atoms with Gasteiger partial charge in [-0.1, -0.05) is 0 Å². The van der Waals surface area contributed by atoms with E-state index in [1.165, 1.54) is 6.33 Å². The molecule has 2 rings (SSSR count). The summed E-state index contributed by atoms with van der Waals surface area (Å²) in [6.45, 7) is 1.50. The second kappa shape index (κ2) is 4.99. The summed E-state index contributed by atoms with van der Waals surface area (Å²) in [5.74, 6) is 0.972. The number of ether oxygens (including phenoxy) is 1. The highest BCUT2D eigenvalue weighted by Crippen LogP contribution is 2.22. The van der Waals surface area contributed by atoms with E-state index < -0.39 is 0 Å². The van der Waals surface area contributed by atoms with Crippen LogP contribution in [-0.2, 0) is 4.79 Å². The fourth-order valence-corrected chi connectivity index (χ4v) is 2.03. The number of hydrogen-bond donors (Lipinski definition) is 1. The normalized spacial score (nSPS) is 20.1. The molecule has 1 unspecified atom stereocenters. The Morgan fingerprint density at radius 1 is 1.59 bits per heavy atom. The topological polar surface area (TPSA) is 81.3 Å². The largest absolute Gasteiger partial charge is 0.481 e. The van der Waals surface area contributed by atoms with Gasteiger partial charge in [0.05, 0.1) is 13.0 Å². The maximum absolute atomic E-state index is 11.2. The van der Waals surface area contributed by atoms with Gasteiger partial charge in [0.2, 0.25) is 11.8 Å². The van der Waals surface area contributed by atoms with Gasteiger partial charge in [-0.05, 0) is 12.8 Å². The monoisotopic (exact) mass is 236 g/mol. The first-order chi connectivity index (χ1) is 8.20. The van der Waals surface area contributed by atoms with Crippen molar-refractivity contribution in [2.45, 2.75) is 12.8 Å². The standard InChI is InChI=1S/C11H16N4O2/c1-17-10-5-9(13-7-14-10)15-4-2-3-8(6-15)11(12)16/h5,7-8H,2-4,6H2,1H3,(H2,12,16). The predicted octanol–water partition coefficient (Wildman–Crippen LogP) is 0.187. The summed E-state index contributed by atoms with van der Waals surface area (Å²) in [5, 5.41) is 0. The van der Waals surface area contributed by atoms with Crippen molar-refractivity contribution in [3.63, 3.8) is 0 Å². The van der Waals surface area contributed by atoms with Crippen LogP contribution in [0.2, 0.25) is 0 Å². The van der Waals surface area contributed by atoms with Gasteiger partial charge in [0, 0.05) is 19.2 Å².